The van der Waals surface area contributed by atoms with Crippen LogP contribution in [-0.2, 0) is 0 Å². The fourth-order valence-corrected chi connectivity index (χ4v) is 3.40. The summed E-state index contributed by atoms with van der Waals surface area (Å²) in [5.74, 6) is 4.10. The average Bonchev–Trinajstić information content (AvgIpc) is 2.88. The van der Waals surface area contributed by atoms with Gasteiger partial charge in [-0.25, -0.2) is 0 Å². The fourth-order valence-electron chi connectivity index (χ4n) is 3.40. The molecule has 0 radical (unpaired) electrons. The minimum atomic E-state index is 0.197. The normalized spacial score (nSPS) is 28.0. The molecule has 1 aliphatic rings. The SMILES string of the molecule is CC(C)C1CCC(CNC(C)(C)C)C(c2ccco2)C1. The maximum atomic E-state index is 5.74. The van der Waals surface area contributed by atoms with E-state index in [9.17, 15) is 0 Å². The summed E-state index contributed by atoms with van der Waals surface area (Å²) in [6, 6.07) is 4.19. The lowest BCUT2D eigenvalue weighted by atomic mass is 9.69. The van der Waals surface area contributed by atoms with Crippen molar-refractivity contribution in [2.75, 3.05) is 6.54 Å². The van der Waals surface area contributed by atoms with Crippen LogP contribution >= 0.6 is 0 Å². The van der Waals surface area contributed by atoms with E-state index in [4.69, 9.17) is 4.42 Å². The van der Waals surface area contributed by atoms with Crippen LogP contribution in [0.15, 0.2) is 22.8 Å². The first kappa shape index (κ1) is 15.6. The molecule has 0 spiro atoms. The quantitative estimate of drug-likeness (QED) is 0.853. The summed E-state index contributed by atoms with van der Waals surface area (Å²) in [4.78, 5) is 0. The number of nitrogens with one attached hydrogen (secondary N) is 1. The van der Waals surface area contributed by atoms with Crippen LogP contribution in [0.25, 0.3) is 0 Å². The van der Waals surface area contributed by atoms with Gasteiger partial charge in [-0.15, -0.1) is 0 Å². The summed E-state index contributed by atoms with van der Waals surface area (Å²) in [5, 5.41) is 3.69. The first-order valence-electron chi connectivity index (χ1n) is 8.15. The molecular formula is C18H31NO. The minimum Gasteiger partial charge on any atom is -0.469 e. The Bertz CT molecular complexity index is 388. The minimum absolute atomic E-state index is 0.197. The topological polar surface area (TPSA) is 25.2 Å². The van der Waals surface area contributed by atoms with Crippen LogP contribution in [0.4, 0.5) is 0 Å². The molecule has 1 aliphatic carbocycles. The maximum absolute atomic E-state index is 5.74. The van der Waals surface area contributed by atoms with Crippen molar-refractivity contribution in [3.05, 3.63) is 24.2 Å². The lowest BCUT2D eigenvalue weighted by Gasteiger charge is -2.38. The van der Waals surface area contributed by atoms with Crippen LogP contribution < -0.4 is 5.32 Å². The van der Waals surface area contributed by atoms with E-state index >= 15 is 0 Å². The summed E-state index contributed by atoms with van der Waals surface area (Å²) in [5.41, 5.74) is 0.197. The maximum Gasteiger partial charge on any atom is 0.107 e. The van der Waals surface area contributed by atoms with Crippen LogP contribution in [0.5, 0.6) is 0 Å². The van der Waals surface area contributed by atoms with Crippen molar-refractivity contribution >= 4 is 0 Å². The molecule has 1 saturated carbocycles. The highest BCUT2D eigenvalue weighted by molar-refractivity contribution is 5.09. The molecule has 3 atom stereocenters. The second kappa shape index (κ2) is 6.34. The first-order chi connectivity index (χ1) is 9.37. The number of hydrogen-bond donors (Lipinski definition) is 1. The van der Waals surface area contributed by atoms with Crippen molar-refractivity contribution in [1.82, 2.24) is 5.32 Å². The Morgan fingerprint density at radius 1 is 1.30 bits per heavy atom. The summed E-state index contributed by atoms with van der Waals surface area (Å²) in [7, 11) is 0. The molecular weight excluding hydrogens is 246 g/mol. The van der Waals surface area contributed by atoms with Crippen LogP contribution in [-0.4, -0.2) is 12.1 Å². The second-order valence-electron chi connectivity index (χ2n) is 7.83. The van der Waals surface area contributed by atoms with Gasteiger partial charge < -0.3 is 9.73 Å². The third kappa shape index (κ3) is 4.12. The molecule has 0 aromatic carbocycles. The smallest absolute Gasteiger partial charge is 0.107 e. The van der Waals surface area contributed by atoms with Gasteiger partial charge in [0.2, 0.25) is 0 Å². The lowest BCUT2D eigenvalue weighted by Crippen LogP contribution is -2.42. The first-order valence-corrected chi connectivity index (χ1v) is 8.15. The van der Waals surface area contributed by atoms with E-state index in [0.29, 0.717) is 11.8 Å². The van der Waals surface area contributed by atoms with Crippen molar-refractivity contribution in [1.29, 1.82) is 0 Å². The third-order valence-electron chi connectivity index (χ3n) is 4.78. The summed E-state index contributed by atoms with van der Waals surface area (Å²) >= 11 is 0. The number of furan rings is 1. The Morgan fingerprint density at radius 3 is 2.60 bits per heavy atom. The largest absolute Gasteiger partial charge is 0.469 e. The van der Waals surface area contributed by atoms with Gasteiger partial charge in [-0.2, -0.15) is 0 Å². The monoisotopic (exact) mass is 277 g/mol. The third-order valence-corrected chi connectivity index (χ3v) is 4.78. The Hall–Kier alpha value is -0.760. The molecule has 114 valence electrons. The molecule has 0 saturated heterocycles. The molecule has 3 unspecified atom stereocenters. The molecule has 2 nitrogen and oxygen atoms in total. The summed E-state index contributed by atoms with van der Waals surface area (Å²) < 4.78 is 5.74. The Labute approximate surface area is 124 Å². The molecule has 0 aliphatic heterocycles. The van der Waals surface area contributed by atoms with Crippen molar-refractivity contribution < 1.29 is 4.42 Å². The molecule has 0 amide bonds. The second-order valence-corrected chi connectivity index (χ2v) is 7.83. The van der Waals surface area contributed by atoms with E-state index in [1.165, 1.54) is 25.0 Å². The van der Waals surface area contributed by atoms with Gasteiger partial charge in [0.25, 0.3) is 0 Å². The van der Waals surface area contributed by atoms with E-state index in [2.05, 4.69) is 46.0 Å². The van der Waals surface area contributed by atoms with Gasteiger partial charge >= 0.3 is 0 Å². The molecule has 2 heteroatoms. The van der Waals surface area contributed by atoms with Crippen LogP contribution in [0.1, 0.15) is 65.6 Å². The van der Waals surface area contributed by atoms with Gasteiger partial charge in [0.1, 0.15) is 5.76 Å². The number of rotatable bonds is 4. The van der Waals surface area contributed by atoms with Crippen molar-refractivity contribution in [2.24, 2.45) is 17.8 Å². The van der Waals surface area contributed by atoms with Crippen LogP contribution in [0.2, 0.25) is 0 Å². The Kier molecular flexibility index (Phi) is 4.95. The summed E-state index contributed by atoms with van der Waals surface area (Å²) in [6.07, 6.45) is 5.78. The van der Waals surface area contributed by atoms with E-state index in [-0.39, 0.29) is 5.54 Å². The molecule has 1 N–H and O–H groups in total. The van der Waals surface area contributed by atoms with Crippen molar-refractivity contribution in [3.8, 4) is 0 Å². The highest BCUT2D eigenvalue weighted by Crippen LogP contribution is 2.43. The molecule has 1 fully saturated rings. The molecule has 2 rings (SSSR count). The molecule has 1 aromatic heterocycles. The van der Waals surface area contributed by atoms with Crippen molar-refractivity contribution in [3.63, 3.8) is 0 Å². The molecule has 1 aromatic rings. The molecule has 0 bridgehead atoms. The molecule has 20 heavy (non-hydrogen) atoms. The highest BCUT2D eigenvalue weighted by Gasteiger charge is 2.34. The zero-order valence-electron chi connectivity index (χ0n) is 13.8. The predicted octanol–water partition coefficient (Wildman–Crippen LogP) is 4.82. The molecule has 1 heterocycles. The standard InChI is InChI=1S/C18H31NO/c1-13(2)14-8-9-15(12-19-18(3,4)5)16(11-14)17-7-6-10-20-17/h6-7,10,13-16,19H,8-9,11-12H2,1-5H3. The zero-order valence-corrected chi connectivity index (χ0v) is 13.8. The fraction of sp³-hybridized carbons (Fsp3) is 0.778. The summed E-state index contributed by atoms with van der Waals surface area (Å²) in [6.45, 7) is 12.5. The van der Waals surface area contributed by atoms with E-state index in [1.54, 1.807) is 0 Å². The van der Waals surface area contributed by atoms with Gasteiger partial charge in [0, 0.05) is 11.5 Å². The van der Waals surface area contributed by atoms with Crippen molar-refractivity contribution in [2.45, 2.75) is 65.3 Å². The Balaban J connectivity index is 2.06. The van der Waals surface area contributed by atoms with Gasteiger partial charge in [-0.1, -0.05) is 13.8 Å². The van der Waals surface area contributed by atoms with Gasteiger partial charge in [-0.05, 0) is 76.5 Å². The van der Waals surface area contributed by atoms with Crippen LogP contribution in [0.3, 0.4) is 0 Å². The van der Waals surface area contributed by atoms with Gasteiger partial charge in [-0.3, -0.25) is 0 Å². The van der Waals surface area contributed by atoms with E-state index < -0.39 is 0 Å². The predicted molar refractivity (Wildman–Crippen MR) is 84.9 cm³/mol. The van der Waals surface area contributed by atoms with E-state index in [0.717, 1.165) is 18.4 Å². The van der Waals surface area contributed by atoms with Gasteiger partial charge in [0.05, 0.1) is 6.26 Å². The number of hydrogen-bond acceptors (Lipinski definition) is 2. The highest BCUT2D eigenvalue weighted by atomic mass is 16.3. The van der Waals surface area contributed by atoms with E-state index in [1.807, 2.05) is 12.3 Å². The lowest BCUT2D eigenvalue weighted by molar-refractivity contribution is 0.168. The van der Waals surface area contributed by atoms with Gasteiger partial charge in [0.15, 0.2) is 0 Å². The Morgan fingerprint density at radius 2 is 2.05 bits per heavy atom. The zero-order chi connectivity index (χ0) is 14.8. The van der Waals surface area contributed by atoms with Crippen LogP contribution in [0, 0.1) is 17.8 Å². The average molecular weight is 277 g/mol.